The molecule has 2 aromatic rings. The minimum absolute atomic E-state index is 0.0111. The average Bonchev–Trinajstić information content (AvgIpc) is 2.35. The lowest BCUT2D eigenvalue weighted by molar-refractivity contribution is 0.475. The number of rotatable bonds is 3. The molecule has 2 aromatic carbocycles. The Morgan fingerprint density at radius 3 is 2.44 bits per heavy atom. The van der Waals surface area contributed by atoms with Gasteiger partial charge in [0, 0.05) is 10.3 Å². The lowest BCUT2D eigenvalue weighted by Crippen LogP contribution is -1.96. The summed E-state index contributed by atoms with van der Waals surface area (Å²) in [5, 5.41) is 10.4. The molecular formula is C14H12Cl2OS. The largest absolute Gasteiger partial charge is 0.506 e. The van der Waals surface area contributed by atoms with Crippen LogP contribution in [0.1, 0.15) is 16.4 Å². The second-order valence-corrected chi connectivity index (χ2v) is 5.46. The van der Waals surface area contributed by atoms with E-state index in [0.29, 0.717) is 11.4 Å². The molecule has 0 aliphatic carbocycles. The normalized spacial score (nSPS) is 12.4. The van der Waals surface area contributed by atoms with E-state index in [1.165, 1.54) is 0 Å². The fourth-order valence-electron chi connectivity index (χ4n) is 1.72. The summed E-state index contributed by atoms with van der Waals surface area (Å²) in [6, 6.07) is 12.8. The smallest absolute Gasteiger partial charge is 0.134 e. The van der Waals surface area contributed by atoms with Gasteiger partial charge in [0.25, 0.3) is 0 Å². The van der Waals surface area contributed by atoms with Crippen LogP contribution in [-0.2, 0) is 6.42 Å². The predicted octanol–water partition coefficient (Wildman–Crippen LogP) is 4.91. The molecule has 0 saturated heterocycles. The third kappa shape index (κ3) is 3.14. The molecule has 0 radical (unpaired) electrons. The molecule has 2 rings (SSSR count). The van der Waals surface area contributed by atoms with Gasteiger partial charge in [0.1, 0.15) is 5.75 Å². The van der Waals surface area contributed by atoms with Crippen molar-refractivity contribution < 1.29 is 5.11 Å². The van der Waals surface area contributed by atoms with E-state index >= 15 is 0 Å². The van der Waals surface area contributed by atoms with Crippen molar-refractivity contribution >= 4 is 35.8 Å². The van der Waals surface area contributed by atoms with E-state index in [4.69, 9.17) is 23.2 Å². The van der Waals surface area contributed by atoms with Gasteiger partial charge >= 0.3 is 0 Å². The second kappa shape index (κ2) is 5.87. The second-order valence-electron chi connectivity index (χ2n) is 4.02. The van der Waals surface area contributed by atoms with Gasteiger partial charge < -0.3 is 5.11 Å². The number of benzene rings is 2. The fourth-order valence-corrected chi connectivity index (χ4v) is 2.48. The van der Waals surface area contributed by atoms with Crippen LogP contribution in [0.25, 0.3) is 0 Å². The first kappa shape index (κ1) is 13.6. The van der Waals surface area contributed by atoms with Gasteiger partial charge in [0.05, 0.1) is 5.02 Å². The highest BCUT2D eigenvalue weighted by atomic mass is 35.5. The fraction of sp³-hybridized carbons (Fsp3) is 0.143. The molecule has 0 aromatic heterocycles. The number of phenolic OH excluding ortho intramolecular Hbond substituents is 1. The predicted molar refractivity (Wildman–Crippen MR) is 80.0 cm³/mol. The number of hydrogen-bond donors (Lipinski definition) is 2. The van der Waals surface area contributed by atoms with Gasteiger partial charge in [0.2, 0.25) is 0 Å². The molecule has 1 N–H and O–H groups in total. The van der Waals surface area contributed by atoms with Crippen LogP contribution >= 0.6 is 35.8 Å². The van der Waals surface area contributed by atoms with E-state index in [9.17, 15) is 5.11 Å². The Hall–Kier alpha value is -0.830. The molecule has 0 fully saturated rings. The van der Waals surface area contributed by atoms with E-state index < -0.39 is 0 Å². The van der Waals surface area contributed by atoms with Crippen LogP contribution in [0.2, 0.25) is 10.0 Å². The highest BCUT2D eigenvalue weighted by molar-refractivity contribution is 7.80. The van der Waals surface area contributed by atoms with Crippen molar-refractivity contribution in [3.63, 3.8) is 0 Å². The van der Waals surface area contributed by atoms with Gasteiger partial charge in [-0.1, -0.05) is 47.5 Å². The summed E-state index contributed by atoms with van der Waals surface area (Å²) in [6.07, 6.45) is 0.712. The molecular weight excluding hydrogens is 287 g/mol. The maximum atomic E-state index is 9.38. The van der Waals surface area contributed by atoms with Crippen molar-refractivity contribution in [2.24, 2.45) is 0 Å². The Labute approximate surface area is 122 Å². The Morgan fingerprint density at radius 1 is 1.06 bits per heavy atom. The minimum Gasteiger partial charge on any atom is -0.506 e. The molecule has 1 nitrogen and oxygen atoms in total. The lowest BCUT2D eigenvalue weighted by atomic mass is 10.0. The zero-order valence-electron chi connectivity index (χ0n) is 9.48. The van der Waals surface area contributed by atoms with Gasteiger partial charge in [-0.15, -0.1) is 0 Å². The van der Waals surface area contributed by atoms with Crippen LogP contribution in [0.5, 0.6) is 5.75 Å². The summed E-state index contributed by atoms with van der Waals surface area (Å²) in [5.74, 6) is 0.0821. The first-order chi connectivity index (χ1) is 8.58. The number of hydrogen-bond acceptors (Lipinski definition) is 2. The van der Waals surface area contributed by atoms with Crippen LogP contribution in [0.4, 0.5) is 0 Å². The molecule has 0 bridgehead atoms. The van der Waals surface area contributed by atoms with Crippen LogP contribution < -0.4 is 0 Å². The molecule has 0 amide bonds. The standard InChI is InChI=1S/C14H12Cl2OS/c15-11-4-2-1-3-9(11)8-14(18)10-5-6-13(17)12(16)7-10/h1-7,14,17-18H,8H2. The Bertz CT molecular complexity index is 557. The molecule has 0 saturated carbocycles. The molecule has 0 spiro atoms. The molecule has 18 heavy (non-hydrogen) atoms. The van der Waals surface area contributed by atoms with E-state index in [2.05, 4.69) is 12.6 Å². The van der Waals surface area contributed by atoms with E-state index in [1.54, 1.807) is 12.1 Å². The summed E-state index contributed by atoms with van der Waals surface area (Å²) in [7, 11) is 0. The third-order valence-electron chi connectivity index (χ3n) is 2.73. The first-order valence-electron chi connectivity index (χ1n) is 5.48. The van der Waals surface area contributed by atoms with Crippen LogP contribution in [-0.4, -0.2) is 5.11 Å². The van der Waals surface area contributed by atoms with Crippen molar-refractivity contribution in [3.8, 4) is 5.75 Å². The molecule has 1 unspecified atom stereocenters. The Balaban J connectivity index is 2.19. The van der Waals surface area contributed by atoms with Crippen LogP contribution in [0, 0.1) is 0 Å². The first-order valence-corrected chi connectivity index (χ1v) is 6.75. The van der Waals surface area contributed by atoms with Gasteiger partial charge in [-0.05, 0) is 35.7 Å². The summed E-state index contributed by atoms with van der Waals surface area (Å²) < 4.78 is 0. The van der Waals surface area contributed by atoms with Crippen molar-refractivity contribution in [3.05, 3.63) is 63.6 Å². The molecule has 0 aliphatic heterocycles. The van der Waals surface area contributed by atoms with Crippen molar-refractivity contribution in [1.82, 2.24) is 0 Å². The Kier molecular flexibility index (Phi) is 4.44. The SMILES string of the molecule is Oc1ccc(C(S)Cc2ccccc2Cl)cc1Cl. The van der Waals surface area contributed by atoms with E-state index in [1.807, 2.05) is 30.3 Å². The highest BCUT2D eigenvalue weighted by Gasteiger charge is 2.11. The Morgan fingerprint density at radius 2 is 1.78 bits per heavy atom. The lowest BCUT2D eigenvalue weighted by Gasteiger charge is -2.13. The third-order valence-corrected chi connectivity index (χ3v) is 3.88. The average molecular weight is 299 g/mol. The topological polar surface area (TPSA) is 20.2 Å². The number of phenols is 1. The highest BCUT2D eigenvalue weighted by Crippen LogP contribution is 2.32. The van der Waals surface area contributed by atoms with Crippen molar-refractivity contribution in [2.45, 2.75) is 11.7 Å². The van der Waals surface area contributed by atoms with Gasteiger partial charge in [-0.3, -0.25) is 0 Å². The quantitative estimate of drug-likeness (QED) is 0.771. The zero-order chi connectivity index (χ0) is 13.1. The summed E-state index contributed by atoms with van der Waals surface area (Å²) >= 11 is 16.6. The number of aromatic hydroxyl groups is 1. The van der Waals surface area contributed by atoms with E-state index in [-0.39, 0.29) is 11.0 Å². The maximum absolute atomic E-state index is 9.38. The van der Waals surface area contributed by atoms with Gasteiger partial charge in [-0.2, -0.15) is 12.6 Å². The number of halogens is 2. The molecule has 1 atom stereocenters. The van der Waals surface area contributed by atoms with E-state index in [0.717, 1.165) is 16.1 Å². The molecule has 94 valence electrons. The van der Waals surface area contributed by atoms with Crippen molar-refractivity contribution in [1.29, 1.82) is 0 Å². The molecule has 0 aliphatic rings. The molecule has 0 heterocycles. The monoisotopic (exact) mass is 298 g/mol. The zero-order valence-corrected chi connectivity index (χ0v) is 11.9. The van der Waals surface area contributed by atoms with Crippen LogP contribution in [0.3, 0.4) is 0 Å². The summed E-state index contributed by atoms with van der Waals surface area (Å²) in [4.78, 5) is 0. The minimum atomic E-state index is -0.0111. The van der Waals surface area contributed by atoms with Gasteiger partial charge in [-0.25, -0.2) is 0 Å². The molecule has 4 heteroatoms. The summed E-state index contributed by atoms with van der Waals surface area (Å²) in [6.45, 7) is 0. The van der Waals surface area contributed by atoms with Crippen molar-refractivity contribution in [2.75, 3.05) is 0 Å². The van der Waals surface area contributed by atoms with Gasteiger partial charge in [0.15, 0.2) is 0 Å². The summed E-state index contributed by atoms with van der Waals surface area (Å²) in [5.41, 5.74) is 2.00. The number of thiol groups is 1. The van der Waals surface area contributed by atoms with Crippen LogP contribution in [0.15, 0.2) is 42.5 Å². The maximum Gasteiger partial charge on any atom is 0.134 e.